The summed E-state index contributed by atoms with van der Waals surface area (Å²) >= 11 is 0. The van der Waals surface area contributed by atoms with Gasteiger partial charge in [0, 0.05) is 13.0 Å². The lowest BCUT2D eigenvalue weighted by molar-refractivity contribution is -0.120. The summed E-state index contributed by atoms with van der Waals surface area (Å²) in [6.07, 6.45) is 0. The zero-order valence-corrected chi connectivity index (χ0v) is 15.2. The first-order chi connectivity index (χ1) is 12.5. The van der Waals surface area contributed by atoms with E-state index in [2.05, 4.69) is 5.32 Å². The molecule has 138 valence electrons. The van der Waals surface area contributed by atoms with Gasteiger partial charge in [-0.3, -0.25) is 14.5 Å². The van der Waals surface area contributed by atoms with E-state index in [1.807, 2.05) is 0 Å². The number of anilines is 2. The van der Waals surface area contributed by atoms with Crippen LogP contribution in [0.2, 0.25) is 0 Å². The second kappa shape index (κ2) is 8.75. The number of ether oxygens (including phenoxy) is 3. The number of hydrogen-bond acceptors (Lipinski definition) is 5. The third kappa shape index (κ3) is 4.44. The van der Waals surface area contributed by atoms with Gasteiger partial charge in [0.25, 0.3) is 0 Å². The number of carbonyl (C=O) groups is 2. The summed E-state index contributed by atoms with van der Waals surface area (Å²) in [4.78, 5) is 25.9. The predicted molar refractivity (Wildman–Crippen MR) is 99.2 cm³/mol. The maximum absolute atomic E-state index is 12.5. The molecule has 2 aromatic rings. The highest BCUT2D eigenvalue weighted by Gasteiger charge is 2.20. The lowest BCUT2D eigenvalue weighted by Crippen LogP contribution is -2.37. The monoisotopic (exact) mass is 358 g/mol. The zero-order chi connectivity index (χ0) is 19.1. The fourth-order valence-corrected chi connectivity index (χ4v) is 2.46. The topological polar surface area (TPSA) is 77.1 Å². The quantitative estimate of drug-likeness (QED) is 0.823. The Hall–Kier alpha value is -3.22. The van der Waals surface area contributed by atoms with Gasteiger partial charge < -0.3 is 19.5 Å². The molecule has 1 N–H and O–H groups in total. The van der Waals surface area contributed by atoms with Crippen LogP contribution in [0.4, 0.5) is 11.4 Å². The molecule has 2 rings (SSSR count). The smallest absolute Gasteiger partial charge is 0.244 e. The Morgan fingerprint density at radius 1 is 0.962 bits per heavy atom. The molecule has 0 aliphatic heterocycles. The van der Waals surface area contributed by atoms with E-state index in [1.165, 1.54) is 33.2 Å². The summed E-state index contributed by atoms with van der Waals surface area (Å²) < 4.78 is 15.7. The Bertz CT molecular complexity index is 791. The van der Waals surface area contributed by atoms with Crippen LogP contribution in [-0.4, -0.2) is 39.7 Å². The summed E-state index contributed by atoms with van der Waals surface area (Å²) in [5.41, 5.74) is 0.982. The molecule has 0 aliphatic rings. The average molecular weight is 358 g/mol. The van der Waals surface area contributed by atoms with Gasteiger partial charge in [0.15, 0.2) is 0 Å². The van der Waals surface area contributed by atoms with Crippen molar-refractivity contribution in [2.75, 3.05) is 38.1 Å². The molecular weight excluding hydrogens is 336 g/mol. The molecule has 7 heteroatoms. The second-order valence-corrected chi connectivity index (χ2v) is 5.39. The minimum Gasteiger partial charge on any atom is -0.497 e. The first-order valence-corrected chi connectivity index (χ1v) is 7.93. The van der Waals surface area contributed by atoms with Crippen LogP contribution < -0.4 is 24.4 Å². The molecule has 0 fully saturated rings. The lowest BCUT2D eigenvalue weighted by Gasteiger charge is -2.23. The molecule has 0 heterocycles. The van der Waals surface area contributed by atoms with Crippen LogP contribution >= 0.6 is 0 Å². The average Bonchev–Trinajstić information content (AvgIpc) is 2.65. The van der Waals surface area contributed by atoms with Gasteiger partial charge in [-0.15, -0.1) is 0 Å². The number of benzene rings is 2. The summed E-state index contributed by atoms with van der Waals surface area (Å²) in [6, 6.07) is 12.1. The highest BCUT2D eigenvalue weighted by molar-refractivity contribution is 6.03. The van der Waals surface area contributed by atoms with E-state index < -0.39 is 0 Å². The number of amides is 2. The molecule has 0 spiro atoms. The summed E-state index contributed by atoms with van der Waals surface area (Å²) in [5.74, 6) is 0.925. The Morgan fingerprint density at radius 3 is 2.27 bits per heavy atom. The van der Waals surface area contributed by atoms with Gasteiger partial charge in [-0.1, -0.05) is 12.1 Å². The van der Waals surface area contributed by atoms with Crippen molar-refractivity contribution < 1.29 is 23.8 Å². The highest BCUT2D eigenvalue weighted by Crippen LogP contribution is 2.30. The minimum atomic E-state index is -0.377. The Balaban J connectivity index is 2.23. The number of rotatable bonds is 7. The van der Waals surface area contributed by atoms with Gasteiger partial charge in [-0.25, -0.2) is 0 Å². The molecule has 0 atom stereocenters. The van der Waals surface area contributed by atoms with Gasteiger partial charge in [0.1, 0.15) is 23.8 Å². The minimum absolute atomic E-state index is 0.171. The number of methoxy groups -OCH3 is 3. The van der Waals surface area contributed by atoms with Crippen molar-refractivity contribution in [2.45, 2.75) is 6.92 Å². The van der Waals surface area contributed by atoms with E-state index in [9.17, 15) is 9.59 Å². The second-order valence-electron chi connectivity index (χ2n) is 5.39. The van der Waals surface area contributed by atoms with E-state index in [4.69, 9.17) is 14.2 Å². The summed E-state index contributed by atoms with van der Waals surface area (Å²) in [7, 11) is 4.55. The lowest BCUT2D eigenvalue weighted by atomic mass is 10.2. The van der Waals surface area contributed by atoms with Crippen LogP contribution in [0.5, 0.6) is 17.2 Å². The zero-order valence-electron chi connectivity index (χ0n) is 15.2. The van der Waals surface area contributed by atoms with Gasteiger partial charge >= 0.3 is 0 Å². The molecule has 0 radical (unpaired) electrons. The molecule has 0 unspecified atom stereocenters. The van der Waals surface area contributed by atoms with Crippen molar-refractivity contribution in [1.82, 2.24) is 0 Å². The Labute approximate surface area is 152 Å². The SMILES string of the molecule is COc1ccc(OC)c(NC(=O)CN(C(C)=O)c2ccccc2OC)c1. The number of nitrogens with one attached hydrogen (secondary N) is 1. The van der Waals surface area contributed by atoms with Gasteiger partial charge in [-0.05, 0) is 24.3 Å². The van der Waals surface area contributed by atoms with E-state index >= 15 is 0 Å². The number of carbonyl (C=O) groups excluding carboxylic acids is 2. The molecule has 26 heavy (non-hydrogen) atoms. The Morgan fingerprint density at radius 2 is 1.65 bits per heavy atom. The van der Waals surface area contributed by atoms with E-state index in [0.29, 0.717) is 28.6 Å². The van der Waals surface area contributed by atoms with Gasteiger partial charge in [0.05, 0.1) is 32.7 Å². The maximum atomic E-state index is 12.5. The number of nitrogens with zero attached hydrogens (tertiary/aromatic N) is 1. The van der Waals surface area contributed by atoms with Crippen molar-refractivity contribution in [3.05, 3.63) is 42.5 Å². The molecule has 7 nitrogen and oxygen atoms in total. The standard InChI is InChI=1S/C19H22N2O5/c1-13(22)21(16-7-5-6-8-18(16)26-4)12-19(23)20-15-11-14(24-2)9-10-17(15)25-3/h5-11H,12H2,1-4H3,(H,20,23). The van der Waals surface area contributed by atoms with E-state index in [0.717, 1.165) is 0 Å². The third-order valence-electron chi connectivity index (χ3n) is 3.74. The molecular formula is C19H22N2O5. The van der Waals surface area contributed by atoms with Gasteiger partial charge in [0.2, 0.25) is 11.8 Å². The van der Waals surface area contributed by atoms with Crippen molar-refractivity contribution in [1.29, 1.82) is 0 Å². The van der Waals surface area contributed by atoms with Crippen LogP contribution in [0.1, 0.15) is 6.92 Å². The fourth-order valence-electron chi connectivity index (χ4n) is 2.46. The largest absolute Gasteiger partial charge is 0.497 e. The molecule has 2 amide bonds. The van der Waals surface area contributed by atoms with E-state index in [1.54, 1.807) is 42.5 Å². The van der Waals surface area contributed by atoms with Gasteiger partial charge in [-0.2, -0.15) is 0 Å². The molecule has 0 bridgehead atoms. The molecule has 0 aromatic heterocycles. The van der Waals surface area contributed by atoms with E-state index in [-0.39, 0.29) is 18.4 Å². The van der Waals surface area contributed by atoms with Crippen LogP contribution in [0.3, 0.4) is 0 Å². The van der Waals surface area contributed by atoms with Crippen LogP contribution in [0, 0.1) is 0 Å². The molecule has 2 aromatic carbocycles. The number of para-hydroxylation sites is 2. The molecule has 0 saturated heterocycles. The summed E-state index contributed by atoms with van der Waals surface area (Å²) in [5, 5.41) is 2.75. The van der Waals surface area contributed by atoms with Crippen LogP contribution in [0.25, 0.3) is 0 Å². The van der Waals surface area contributed by atoms with Crippen molar-refractivity contribution in [3.8, 4) is 17.2 Å². The first kappa shape index (κ1) is 19.1. The molecule has 0 aliphatic carbocycles. The normalized spacial score (nSPS) is 10.0. The first-order valence-electron chi connectivity index (χ1n) is 7.93. The van der Waals surface area contributed by atoms with Crippen molar-refractivity contribution in [2.24, 2.45) is 0 Å². The maximum Gasteiger partial charge on any atom is 0.244 e. The highest BCUT2D eigenvalue weighted by atomic mass is 16.5. The number of hydrogen-bond donors (Lipinski definition) is 1. The fraction of sp³-hybridized carbons (Fsp3) is 0.263. The Kier molecular flexibility index (Phi) is 6.43. The third-order valence-corrected chi connectivity index (χ3v) is 3.74. The van der Waals surface area contributed by atoms with Crippen molar-refractivity contribution >= 4 is 23.2 Å². The van der Waals surface area contributed by atoms with Crippen LogP contribution in [-0.2, 0) is 9.59 Å². The summed E-state index contributed by atoms with van der Waals surface area (Å²) in [6.45, 7) is 1.22. The van der Waals surface area contributed by atoms with Crippen molar-refractivity contribution in [3.63, 3.8) is 0 Å². The van der Waals surface area contributed by atoms with Crippen LogP contribution in [0.15, 0.2) is 42.5 Å². The molecule has 0 saturated carbocycles. The predicted octanol–water partition coefficient (Wildman–Crippen LogP) is 2.70.